The van der Waals surface area contributed by atoms with Crippen molar-refractivity contribution >= 4 is 11.8 Å². The highest BCUT2D eigenvalue weighted by Gasteiger charge is 2.34. The number of carbonyl (C=O) groups excluding carboxylic acids is 2. The molecule has 1 aliphatic rings. The number of nitrogens with one attached hydrogen (secondary N) is 1. The van der Waals surface area contributed by atoms with Crippen LogP contribution in [0.5, 0.6) is 17.2 Å². The van der Waals surface area contributed by atoms with E-state index in [1.165, 1.54) is 34.0 Å². The maximum absolute atomic E-state index is 14.0. The van der Waals surface area contributed by atoms with Crippen LogP contribution in [0, 0.1) is 5.82 Å². The van der Waals surface area contributed by atoms with E-state index in [0.29, 0.717) is 39.8 Å². The van der Waals surface area contributed by atoms with Crippen molar-refractivity contribution in [3.63, 3.8) is 0 Å². The second-order valence-corrected chi connectivity index (χ2v) is 10.8. The summed E-state index contributed by atoms with van der Waals surface area (Å²) in [5.41, 5.74) is 1.25. The van der Waals surface area contributed by atoms with E-state index in [0.717, 1.165) is 0 Å². The molecule has 4 aromatic rings. The van der Waals surface area contributed by atoms with Gasteiger partial charge in [-0.05, 0) is 85.6 Å². The Kier molecular flexibility index (Phi) is 8.05. The topological polar surface area (TPSA) is 121 Å². The molecule has 1 aliphatic heterocycles. The van der Waals surface area contributed by atoms with Crippen molar-refractivity contribution < 1.29 is 28.2 Å². The molecule has 0 saturated carbocycles. The molecule has 11 nitrogen and oxygen atoms in total. The molecule has 0 spiro atoms. The molecule has 0 bridgehead atoms. The van der Waals surface area contributed by atoms with Crippen LogP contribution < -0.4 is 19.5 Å². The number of hydrogen-bond donors (Lipinski definition) is 1. The summed E-state index contributed by atoms with van der Waals surface area (Å²) in [6.45, 7) is 5.37. The van der Waals surface area contributed by atoms with Crippen molar-refractivity contribution in [2.45, 2.75) is 45.4 Å². The molecule has 42 heavy (non-hydrogen) atoms. The smallest absolute Gasteiger partial charge is 0.247 e. The molecule has 1 atom stereocenters. The lowest BCUT2D eigenvalue weighted by molar-refractivity contribution is -0.143. The number of ether oxygens (including phenoxy) is 3. The molecule has 218 valence electrons. The summed E-state index contributed by atoms with van der Waals surface area (Å²) >= 11 is 0. The number of halogens is 1. The van der Waals surface area contributed by atoms with Crippen LogP contribution in [-0.2, 0) is 22.7 Å². The summed E-state index contributed by atoms with van der Waals surface area (Å²) in [7, 11) is 1.57. The van der Waals surface area contributed by atoms with E-state index in [1.807, 2.05) is 20.8 Å². The number of nitrogens with zero attached hydrogens (tertiary/aromatic N) is 5. The van der Waals surface area contributed by atoms with Crippen LogP contribution in [-0.4, -0.2) is 56.4 Å². The van der Waals surface area contributed by atoms with E-state index in [1.54, 1.807) is 49.6 Å². The number of carbonyl (C=O) groups is 2. The van der Waals surface area contributed by atoms with Crippen molar-refractivity contribution in [2.24, 2.45) is 0 Å². The van der Waals surface area contributed by atoms with Gasteiger partial charge in [0.15, 0.2) is 11.5 Å². The number of aromatic nitrogens is 4. The minimum Gasteiger partial charge on any atom is -0.497 e. The third-order valence-corrected chi connectivity index (χ3v) is 6.43. The van der Waals surface area contributed by atoms with E-state index in [9.17, 15) is 14.0 Å². The van der Waals surface area contributed by atoms with Crippen molar-refractivity contribution in [3.8, 4) is 28.6 Å². The Labute approximate surface area is 242 Å². The molecular formula is C30H31FN6O5. The van der Waals surface area contributed by atoms with Crippen molar-refractivity contribution in [1.29, 1.82) is 0 Å². The third-order valence-electron chi connectivity index (χ3n) is 6.43. The van der Waals surface area contributed by atoms with Crippen LogP contribution >= 0.6 is 0 Å². The normalized spacial score (nSPS) is 13.0. The zero-order valence-electron chi connectivity index (χ0n) is 23.7. The highest BCUT2D eigenvalue weighted by Crippen LogP contribution is 2.34. The molecule has 0 radical (unpaired) electrons. The average molecular weight is 575 g/mol. The highest BCUT2D eigenvalue weighted by molar-refractivity contribution is 5.89. The largest absolute Gasteiger partial charge is 0.497 e. The molecule has 1 N–H and O–H groups in total. The first-order valence-corrected chi connectivity index (χ1v) is 13.3. The molecule has 2 amide bonds. The number of benzene rings is 3. The SMILES string of the molecule is COc1ccc(-c2nnn(CC(=O)N(Cc3ccc4c(c3)OCO4)[C@H](C(=O)NC(C)(C)C)c3ccc(F)cc3)n2)cc1. The van der Waals surface area contributed by atoms with E-state index in [2.05, 4.69) is 20.7 Å². The molecular weight excluding hydrogens is 543 g/mol. The number of amides is 2. The van der Waals surface area contributed by atoms with Gasteiger partial charge in [0, 0.05) is 17.6 Å². The number of methoxy groups -OCH3 is 1. The van der Waals surface area contributed by atoms with Gasteiger partial charge in [-0.1, -0.05) is 18.2 Å². The Morgan fingerprint density at radius 3 is 2.45 bits per heavy atom. The standard InChI is InChI=1S/C30H31FN6O5/c1-30(2,3)32-29(39)27(20-6-10-22(31)11-7-20)36(16-19-5-14-24-25(15-19)42-18-41-24)26(38)17-37-34-28(33-35-37)21-8-12-23(40-4)13-9-21/h5-15,27H,16-18H2,1-4H3,(H,32,39)/t27-/m0/s1. The van der Waals surface area contributed by atoms with E-state index in [4.69, 9.17) is 14.2 Å². The fourth-order valence-corrected chi connectivity index (χ4v) is 4.49. The zero-order chi connectivity index (χ0) is 29.9. The predicted octanol–water partition coefficient (Wildman–Crippen LogP) is 3.90. The van der Waals surface area contributed by atoms with E-state index >= 15 is 0 Å². The van der Waals surface area contributed by atoms with Crippen LogP contribution in [0.2, 0.25) is 0 Å². The number of fused-ring (bicyclic) bond motifs is 1. The Bertz CT molecular complexity index is 1570. The van der Waals surface area contributed by atoms with Gasteiger partial charge in [0.1, 0.15) is 24.2 Å². The Balaban J connectivity index is 1.49. The summed E-state index contributed by atoms with van der Waals surface area (Å²) in [5.74, 6) is 0.808. The van der Waals surface area contributed by atoms with Crippen LogP contribution in [0.25, 0.3) is 11.4 Å². The molecule has 2 heterocycles. The second-order valence-electron chi connectivity index (χ2n) is 10.8. The van der Waals surface area contributed by atoms with Crippen molar-refractivity contribution in [2.75, 3.05) is 13.9 Å². The van der Waals surface area contributed by atoms with Crippen LogP contribution in [0.1, 0.15) is 37.9 Å². The molecule has 1 aromatic heterocycles. The fourth-order valence-electron chi connectivity index (χ4n) is 4.49. The van der Waals surface area contributed by atoms with Crippen LogP contribution in [0.15, 0.2) is 66.7 Å². The van der Waals surface area contributed by atoms with Crippen LogP contribution in [0.4, 0.5) is 4.39 Å². The van der Waals surface area contributed by atoms with Gasteiger partial charge in [-0.15, -0.1) is 10.2 Å². The Hall–Kier alpha value is -5.00. The number of hydrogen-bond acceptors (Lipinski definition) is 8. The minimum atomic E-state index is -1.09. The quantitative estimate of drug-likeness (QED) is 0.320. The van der Waals surface area contributed by atoms with Gasteiger partial charge >= 0.3 is 0 Å². The first-order chi connectivity index (χ1) is 20.1. The van der Waals surface area contributed by atoms with Gasteiger partial charge in [0.05, 0.1) is 7.11 Å². The maximum atomic E-state index is 14.0. The summed E-state index contributed by atoms with van der Waals surface area (Å²) in [6.07, 6.45) is 0. The molecule has 5 rings (SSSR count). The molecule has 0 saturated heterocycles. The fraction of sp³-hybridized carbons (Fsp3) is 0.300. The predicted molar refractivity (Wildman–Crippen MR) is 150 cm³/mol. The molecule has 0 aliphatic carbocycles. The van der Waals surface area contributed by atoms with Gasteiger partial charge in [-0.2, -0.15) is 4.80 Å². The monoisotopic (exact) mass is 574 g/mol. The van der Waals surface area contributed by atoms with Crippen molar-refractivity contribution in [1.82, 2.24) is 30.4 Å². The highest BCUT2D eigenvalue weighted by atomic mass is 19.1. The van der Waals surface area contributed by atoms with Gasteiger partial charge in [0.2, 0.25) is 24.4 Å². The Morgan fingerprint density at radius 1 is 1.05 bits per heavy atom. The minimum absolute atomic E-state index is 0.0368. The van der Waals surface area contributed by atoms with Gasteiger partial charge in [0.25, 0.3) is 0 Å². The summed E-state index contributed by atoms with van der Waals surface area (Å²) < 4.78 is 30.0. The maximum Gasteiger partial charge on any atom is 0.247 e. The summed E-state index contributed by atoms with van der Waals surface area (Å²) in [6, 6.07) is 16.9. The third kappa shape index (κ3) is 6.65. The van der Waals surface area contributed by atoms with Crippen molar-refractivity contribution in [3.05, 3.63) is 83.7 Å². The molecule has 0 unspecified atom stereocenters. The number of rotatable bonds is 9. The summed E-state index contributed by atoms with van der Waals surface area (Å²) in [4.78, 5) is 30.4. The van der Waals surface area contributed by atoms with Gasteiger partial charge < -0.3 is 24.4 Å². The lowest BCUT2D eigenvalue weighted by Crippen LogP contribution is -2.49. The average Bonchev–Trinajstić information content (AvgIpc) is 3.62. The Morgan fingerprint density at radius 2 is 1.76 bits per heavy atom. The summed E-state index contributed by atoms with van der Waals surface area (Å²) in [5, 5.41) is 15.5. The molecule has 3 aromatic carbocycles. The lowest BCUT2D eigenvalue weighted by atomic mass is 10.0. The lowest BCUT2D eigenvalue weighted by Gasteiger charge is -2.33. The van der Waals surface area contributed by atoms with Gasteiger partial charge in [-0.3, -0.25) is 9.59 Å². The molecule has 12 heteroatoms. The first kappa shape index (κ1) is 28.5. The van der Waals surface area contributed by atoms with Gasteiger partial charge in [-0.25, -0.2) is 4.39 Å². The van der Waals surface area contributed by atoms with E-state index in [-0.39, 0.29) is 19.9 Å². The number of tetrazole rings is 1. The zero-order valence-corrected chi connectivity index (χ0v) is 23.7. The van der Waals surface area contributed by atoms with E-state index < -0.39 is 29.2 Å². The first-order valence-electron chi connectivity index (χ1n) is 13.3. The van der Waals surface area contributed by atoms with Crippen LogP contribution in [0.3, 0.4) is 0 Å². The second kappa shape index (κ2) is 11.9. The molecule has 0 fully saturated rings.